The molecule has 0 aliphatic carbocycles. The third kappa shape index (κ3) is 3.90. The molecule has 8 heteroatoms. The average Bonchev–Trinajstić information content (AvgIpc) is 3.03. The number of benzene rings is 3. The zero-order chi connectivity index (χ0) is 22.8. The Kier molecular flexibility index (Phi) is 5.59. The van der Waals surface area contributed by atoms with Crippen LogP contribution in [0.5, 0.6) is 11.5 Å². The maximum absolute atomic E-state index is 13.8. The van der Waals surface area contributed by atoms with Crippen LogP contribution in [0.15, 0.2) is 72.4 Å². The van der Waals surface area contributed by atoms with Crippen molar-refractivity contribution in [3.63, 3.8) is 0 Å². The van der Waals surface area contributed by atoms with E-state index in [0.717, 1.165) is 11.0 Å². The molecule has 0 radical (unpaired) electrons. The van der Waals surface area contributed by atoms with Gasteiger partial charge in [-0.15, -0.1) is 0 Å². The summed E-state index contributed by atoms with van der Waals surface area (Å²) in [4.78, 5) is 27.5. The fraction of sp³-hybridized carbons (Fsp3) is 0.0833. The molecule has 4 rings (SSSR count). The molecule has 1 N–H and O–H groups in total. The van der Waals surface area contributed by atoms with Gasteiger partial charge in [0.1, 0.15) is 28.8 Å². The number of ether oxygens (including phenoxy) is 2. The van der Waals surface area contributed by atoms with E-state index in [1.807, 2.05) is 0 Å². The molecule has 1 aliphatic heterocycles. The standard InChI is InChI=1S/C24H18F2N2O4/c1-31-19-11-17(12-20(13-19)32-2)27-22-21(14-6-8-15(25)9-7-14)23(29)28(24(22)30)18-5-3-4-16(26)10-18/h3-13,27H,1-2H3. The highest BCUT2D eigenvalue weighted by Gasteiger charge is 2.40. The second kappa shape index (κ2) is 8.50. The van der Waals surface area contributed by atoms with Crippen LogP contribution >= 0.6 is 0 Å². The van der Waals surface area contributed by atoms with Crippen LogP contribution in [0.1, 0.15) is 5.56 Å². The summed E-state index contributed by atoms with van der Waals surface area (Å²) in [5.41, 5.74) is 0.834. The molecule has 0 saturated carbocycles. The Balaban J connectivity index is 1.83. The van der Waals surface area contributed by atoms with E-state index in [4.69, 9.17) is 9.47 Å². The lowest BCUT2D eigenvalue weighted by atomic mass is 10.0. The van der Waals surface area contributed by atoms with Crippen molar-refractivity contribution in [3.05, 3.63) is 89.6 Å². The zero-order valence-corrected chi connectivity index (χ0v) is 17.2. The van der Waals surface area contributed by atoms with Gasteiger partial charge in [-0.1, -0.05) is 18.2 Å². The van der Waals surface area contributed by atoms with Crippen molar-refractivity contribution in [2.24, 2.45) is 0 Å². The molecule has 6 nitrogen and oxygen atoms in total. The Hall–Kier alpha value is -4.20. The second-order valence-corrected chi connectivity index (χ2v) is 6.91. The first-order chi connectivity index (χ1) is 15.4. The fourth-order valence-electron chi connectivity index (χ4n) is 3.40. The largest absolute Gasteiger partial charge is 0.497 e. The number of anilines is 2. The minimum Gasteiger partial charge on any atom is -0.497 e. The van der Waals surface area contributed by atoms with Crippen molar-refractivity contribution in [2.75, 3.05) is 24.4 Å². The Labute approximate surface area is 182 Å². The molecule has 0 spiro atoms. The Bertz CT molecular complexity index is 1220. The molecule has 0 bridgehead atoms. The van der Waals surface area contributed by atoms with Crippen molar-refractivity contribution in [1.29, 1.82) is 0 Å². The van der Waals surface area contributed by atoms with Gasteiger partial charge in [0.15, 0.2) is 0 Å². The lowest BCUT2D eigenvalue weighted by Gasteiger charge is -2.15. The number of nitrogens with zero attached hydrogens (tertiary/aromatic N) is 1. The van der Waals surface area contributed by atoms with Gasteiger partial charge < -0.3 is 14.8 Å². The van der Waals surface area contributed by atoms with Crippen LogP contribution in [0.4, 0.5) is 20.2 Å². The van der Waals surface area contributed by atoms with Gasteiger partial charge in [0.05, 0.1) is 25.5 Å². The monoisotopic (exact) mass is 436 g/mol. The normalized spacial score (nSPS) is 13.6. The molecule has 0 fully saturated rings. The van der Waals surface area contributed by atoms with Gasteiger partial charge >= 0.3 is 0 Å². The summed E-state index contributed by atoms with van der Waals surface area (Å²) >= 11 is 0. The lowest BCUT2D eigenvalue weighted by Crippen LogP contribution is -2.32. The predicted octanol–water partition coefficient (Wildman–Crippen LogP) is 4.38. The predicted molar refractivity (Wildman–Crippen MR) is 115 cm³/mol. The molecular formula is C24H18F2N2O4. The molecule has 1 aliphatic rings. The maximum atomic E-state index is 13.8. The number of methoxy groups -OCH3 is 2. The summed E-state index contributed by atoms with van der Waals surface area (Å²) in [7, 11) is 2.97. The highest BCUT2D eigenvalue weighted by molar-refractivity contribution is 6.46. The van der Waals surface area contributed by atoms with Crippen LogP contribution < -0.4 is 19.7 Å². The van der Waals surface area contributed by atoms with Gasteiger partial charge in [-0.3, -0.25) is 9.59 Å². The summed E-state index contributed by atoms with van der Waals surface area (Å²) in [6.45, 7) is 0. The Morgan fingerprint density at radius 2 is 1.44 bits per heavy atom. The molecule has 1 heterocycles. The van der Waals surface area contributed by atoms with Crippen molar-refractivity contribution < 1.29 is 27.8 Å². The number of carbonyl (C=O) groups excluding carboxylic acids is 2. The number of hydrogen-bond donors (Lipinski definition) is 1. The summed E-state index contributed by atoms with van der Waals surface area (Å²) in [5.74, 6) is -1.49. The molecule has 2 amide bonds. The van der Waals surface area contributed by atoms with E-state index in [1.54, 1.807) is 18.2 Å². The topological polar surface area (TPSA) is 67.9 Å². The number of carbonyl (C=O) groups is 2. The summed E-state index contributed by atoms with van der Waals surface area (Å²) < 4.78 is 37.8. The summed E-state index contributed by atoms with van der Waals surface area (Å²) in [5, 5.41) is 2.97. The van der Waals surface area contributed by atoms with E-state index in [9.17, 15) is 18.4 Å². The third-order valence-corrected chi connectivity index (χ3v) is 4.90. The Morgan fingerprint density at radius 1 is 0.781 bits per heavy atom. The van der Waals surface area contributed by atoms with Crippen LogP contribution in [0.3, 0.4) is 0 Å². The number of amides is 2. The quantitative estimate of drug-likeness (QED) is 0.581. The molecule has 0 unspecified atom stereocenters. The SMILES string of the molecule is COc1cc(NC2=C(c3ccc(F)cc3)C(=O)N(c3cccc(F)c3)C2=O)cc(OC)c1. The minimum atomic E-state index is -0.679. The number of rotatable bonds is 6. The zero-order valence-electron chi connectivity index (χ0n) is 17.2. The van der Waals surface area contributed by atoms with Gasteiger partial charge in [-0.2, -0.15) is 0 Å². The third-order valence-electron chi connectivity index (χ3n) is 4.90. The highest BCUT2D eigenvalue weighted by Crippen LogP contribution is 2.35. The van der Waals surface area contributed by atoms with E-state index in [1.165, 1.54) is 56.7 Å². The van der Waals surface area contributed by atoms with Crippen molar-refractivity contribution in [2.45, 2.75) is 0 Å². The van der Waals surface area contributed by atoms with Crippen LogP contribution in [0.25, 0.3) is 5.57 Å². The van der Waals surface area contributed by atoms with Gasteiger partial charge in [-0.05, 0) is 35.9 Å². The maximum Gasteiger partial charge on any atom is 0.282 e. The molecule has 32 heavy (non-hydrogen) atoms. The number of halogens is 2. The smallest absolute Gasteiger partial charge is 0.282 e. The number of imide groups is 1. The van der Waals surface area contributed by atoms with Crippen LogP contribution in [0.2, 0.25) is 0 Å². The van der Waals surface area contributed by atoms with Crippen LogP contribution in [-0.4, -0.2) is 26.0 Å². The van der Waals surface area contributed by atoms with Crippen molar-refractivity contribution in [1.82, 2.24) is 0 Å². The molecule has 0 atom stereocenters. The summed E-state index contributed by atoms with van der Waals surface area (Å²) in [6, 6.07) is 15.3. The average molecular weight is 436 g/mol. The molecule has 0 saturated heterocycles. The van der Waals surface area contributed by atoms with Crippen molar-refractivity contribution >= 4 is 28.8 Å². The van der Waals surface area contributed by atoms with E-state index >= 15 is 0 Å². The van der Waals surface area contributed by atoms with E-state index in [-0.39, 0.29) is 17.0 Å². The van der Waals surface area contributed by atoms with Gasteiger partial charge in [0.25, 0.3) is 11.8 Å². The second-order valence-electron chi connectivity index (χ2n) is 6.91. The highest BCUT2D eigenvalue weighted by atomic mass is 19.1. The minimum absolute atomic E-state index is 0.0287. The van der Waals surface area contributed by atoms with Gasteiger partial charge in [-0.25, -0.2) is 13.7 Å². The van der Waals surface area contributed by atoms with E-state index in [0.29, 0.717) is 22.7 Å². The molecule has 3 aromatic carbocycles. The van der Waals surface area contributed by atoms with Gasteiger partial charge in [0, 0.05) is 23.9 Å². The first-order valence-electron chi connectivity index (χ1n) is 9.56. The first-order valence-corrected chi connectivity index (χ1v) is 9.56. The van der Waals surface area contributed by atoms with Crippen LogP contribution in [-0.2, 0) is 9.59 Å². The van der Waals surface area contributed by atoms with Crippen LogP contribution in [0, 0.1) is 11.6 Å². The van der Waals surface area contributed by atoms with Crippen molar-refractivity contribution in [3.8, 4) is 11.5 Å². The van der Waals surface area contributed by atoms with Gasteiger partial charge in [0.2, 0.25) is 0 Å². The molecular weight excluding hydrogens is 418 g/mol. The molecule has 0 aromatic heterocycles. The summed E-state index contributed by atoms with van der Waals surface area (Å²) in [6.07, 6.45) is 0. The number of nitrogens with one attached hydrogen (secondary N) is 1. The van der Waals surface area contributed by atoms with E-state index < -0.39 is 23.4 Å². The molecule has 3 aromatic rings. The lowest BCUT2D eigenvalue weighted by molar-refractivity contribution is -0.120. The molecule has 162 valence electrons. The van der Waals surface area contributed by atoms with E-state index in [2.05, 4.69) is 5.32 Å². The number of hydrogen-bond acceptors (Lipinski definition) is 5. The Morgan fingerprint density at radius 3 is 2.03 bits per heavy atom. The first kappa shape index (κ1) is 21.0. The fourth-order valence-corrected chi connectivity index (χ4v) is 3.40.